The number of hydrogen-bond donors (Lipinski definition) is 2. The molecule has 0 unspecified atom stereocenters. The number of nitro groups is 1. The van der Waals surface area contributed by atoms with Crippen LogP contribution in [0.15, 0.2) is 59.3 Å². The number of carbonyl (C=O) groups is 3. The molecular formula is C21H17N3O6S. The van der Waals surface area contributed by atoms with Crippen LogP contribution in [-0.2, 0) is 9.53 Å². The zero-order valence-electron chi connectivity index (χ0n) is 16.3. The van der Waals surface area contributed by atoms with Crippen LogP contribution in [0.4, 0.5) is 17.1 Å². The summed E-state index contributed by atoms with van der Waals surface area (Å²) >= 11 is 1.37. The van der Waals surface area contributed by atoms with Crippen molar-refractivity contribution in [2.75, 3.05) is 17.2 Å². The van der Waals surface area contributed by atoms with Gasteiger partial charge in [0.05, 0.1) is 33.0 Å². The maximum absolute atomic E-state index is 12.5. The van der Waals surface area contributed by atoms with Crippen LogP contribution in [0.25, 0.3) is 0 Å². The van der Waals surface area contributed by atoms with Gasteiger partial charge in [0, 0.05) is 11.4 Å². The number of esters is 1. The summed E-state index contributed by atoms with van der Waals surface area (Å²) in [5.41, 5.74) is 1.20. The molecule has 0 radical (unpaired) electrons. The number of amides is 2. The summed E-state index contributed by atoms with van der Waals surface area (Å²) in [6.45, 7) is 0.903. The molecular weight excluding hydrogens is 422 g/mol. The summed E-state index contributed by atoms with van der Waals surface area (Å²) in [5.74, 6) is -1.83. The molecule has 0 bridgehead atoms. The van der Waals surface area contributed by atoms with Crippen molar-refractivity contribution in [1.82, 2.24) is 0 Å². The minimum Gasteiger partial charge on any atom is -0.452 e. The van der Waals surface area contributed by atoms with E-state index >= 15 is 0 Å². The fourth-order valence-electron chi connectivity index (χ4n) is 2.71. The van der Waals surface area contributed by atoms with Crippen molar-refractivity contribution in [2.45, 2.75) is 6.92 Å². The van der Waals surface area contributed by atoms with Gasteiger partial charge in [-0.1, -0.05) is 18.2 Å². The number of carbonyl (C=O) groups excluding carboxylic acids is 3. The van der Waals surface area contributed by atoms with Crippen molar-refractivity contribution in [2.24, 2.45) is 0 Å². The van der Waals surface area contributed by atoms with E-state index in [0.29, 0.717) is 5.56 Å². The molecule has 0 atom stereocenters. The monoisotopic (exact) mass is 439 g/mol. The van der Waals surface area contributed by atoms with Crippen LogP contribution in [0.1, 0.15) is 26.3 Å². The molecule has 3 rings (SSSR count). The molecule has 0 saturated heterocycles. The number of nitro benzene ring substituents is 1. The lowest BCUT2D eigenvalue weighted by Crippen LogP contribution is -2.22. The molecule has 10 heteroatoms. The molecule has 9 nitrogen and oxygen atoms in total. The minimum absolute atomic E-state index is 0.0883. The lowest BCUT2D eigenvalue weighted by Gasteiger charge is -2.11. The van der Waals surface area contributed by atoms with Gasteiger partial charge in [-0.05, 0) is 36.6 Å². The third kappa shape index (κ3) is 5.31. The van der Waals surface area contributed by atoms with Gasteiger partial charge < -0.3 is 15.4 Å². The zero-order chi connectivity index (χ0) is 22.4. The Labute approximate surface area is 180 Å². The van der Waals surface area contributed by atoms with Gasteiger partial charge in [0.2, 0.25) is 0 Å². The number of benzene rings is 2. The first-order valence-corrected chi connectivity index (χ1v) is 9.94. The van der Waals surface area contributed by atoms with E-state index in [9.17, 15) is 24.5 Å². The fraction of sp³-hybridized carbons (Fsp3) is 0.0952. The SMILES string of the molecule is Cc1c(NC(=O)COC(=O)c2ccccc2NC(=O)c2ccsc2)cccc1[N+](=O)[O-]. The first-order chi connectivity index (χ1) is 14.9. The molecule has 1 aromatic heterocycles. The topological polar surface area (TPSA) is 128 Å². The number of nitrogens with one attached hydrogen (secondary N) is 2. The van der Waals surface area contributed by atoms with Gasteiger partial charge in [-0.2, -0.15) is 11.3 Å². The van der Waals surface area contributed by atoms with E-state index in [1.807, 2.05) is 0 Å². The highest BCUT2D eigenvalue weighted by Gasteiger charge is 2.18. The predicted octanol–water partition coefficient (Wildman–Crippen LogP) is 4.01. The van der Waals surface area contributed by atoms with E-state index in [0.717, 1.165) is 0 Å². The molecule has 2 amide bonds. The maximum Gasteiger partial charge on any atom is 0.340 e. The lowest BCUT2D eigenvalue weighted by atomic mass is 10.1. The van der Waals surface area contributed by atoms with Crippen LogP contribution < -0.4 is 10.6 Å². The Balaban J connectivity index is 1.64. The molecule has 31 heavy (non-hydrogen) atoms. The number of ether oxygens (including phenoxy) is 1. The van der Waals surface area contributed by atoms with Crippen molar-refractivity contribution in [1.29, 1.82) is 0 Å². The van der Waals surface area contributed by atoms with Crippen molar-refractivity contribution >= 4 is 46.2 Å². The molecule has 0 spiro atoms. The molecule has 0 fully saturated rings. The number of nitrogens with zero attached hydrogens (tertiary/aromatic N) is 1. The molecule has 0 aliphatic carbocycles. The van der Waals surface area contributed by atoms with E-state index in [4.69, 9.17) is 4.74 Å². The molecule has 0 aliphatic heterocycles. The maximum atomic E-state index is 12.5. The van der Waals surface area contributed by atoms with Crippen LogP contribution >= 0.6 is 11.3 Å². The van der Waals surface area contributed by atoms with Gasteiger partial charge in [0.25, 0.3) is 17.5 Å². The normalized spacial score (nSPS) is 10.2. The second-order valence-corrected chi connectivity index (χ2v) is 7.12. The van der Waals surface area contributed by atoms with Crippen LogP contribution in [0.2, 0.25) is 0 Å². The molecule has 1 heterocycles. The van der Waals surface area contributed by atoms with Crippen molar-refractivity contribution in [3.63, 3.8) is 0 Å². The molecule has 0 saturated carbocycles. The summed E-state index contributed by atoms with van der Waals surface area (Å²) < 4.78 is 5.06. The second-order valence-electron chi connectivity index (χ2n) is 6.34. The quantitative estimate of drug-likeness (QED) is 0.325. The van der Waals surface area contributed by atoms with E-state index in [-0.39, 0.29) is 34.1 Å². The van der Waals surface area contributed by atoms with Crippen LogP contribution in [-0.4, -0.2) is 29.3 Å². The number of para-hydroxylation sites is 1. The van der Waals surface area contributed by atoms with Gasteiger partial charge >= 0.3 is 5.97 Å². The van der Waals surface area contributed by atoms with Crippen molar-refractivity contribution in [3.8, 4) is 0 Å². The smallest absolute Gasteiger partial charge is 0.340 e. The highest BCUT2D eigenvalue weighted by molar-refractivity contribution is 7.08. The van der Waals surface area contributed by atoms with Crippen molar-refractivity contribution in [3.05, 3.63) is 86.1 Å². The zero-order valence-corrected chi connectivity index (χ0v) is 17.1. The average molecular weight is 439 g/mol. The molecule has 3 aromatic rings. The van der Waals surface area contributed by atoms with E-state index in [2.05, 4.69) is 10.6 Å². The largest absolute Gasteiger partial charge is 0.452 e. The third-order valence-corrected chi connectivity index (χ3v) is 4.97. The lowest BCUT2D eigenvalue weighted by molar-refractivity contribution is -0.385. The predicted molar refractivity (Wildman–Crippen MR) is 115 cm³/mol. The number of thiophene rings is 1. The Kier molecular flexibility index (Phi) is 6.73. The fourth-order valence-corrected chi connectivity index (χ4v) is 3.35. The summed E-state index contributed by atoms with van der Waals surface area (Å²) in [4.78, 5) is 47.4. The summed E-state index contributed by atoms with van der Waals surface area (Å²) in [6.07, 6.45) is 0. The van der Waals surface area contributed by atoms with E-state index < -0.39 is 23.4 Å². The van der Waals surface area contributed by atoms with Gasteiger partial charge in [0.1, 0.15) is 0 Å². The molecule has 0 aliphatic rings. The molecule has 158 valence electrons. The standard InChI is InChI=1S/C21H17N3O6S/c1-13-16(7-4-8-18(13)24(28)29)22-19(25)11-30-21(27)15-5-2-3-6-17(15)23-20(26)14-9-10-31-12-14/h2-10,12H,11H2,1H3,(H,22,25)(H,23,26). The van der Waals surface area contributed by atoms with Crippen LogP contribution in [0.5, 0.6) is 0 Å². The van der Waals surface area contributed by atoms with Crippen LogP contribution in [0, 0.1) is 17.0 Å². The Morgan fingerprint density at radius 3 is 2.48 bits per heavy atom. The second kappa shape index (κ2) is 9.63. The van der Waals surface area contributed by atoms with Crippen LogP contribution in [0.3, 0.4) is 0 Å². The summed E-state index contributed by atoms with van der Waals surface area (Å²) in [5, 5.41) is 19.6. The third-order valence-electron chi connectivity index (χ3n) is 4.29. The van der Waals surface area contributed by atoms with E-state index in [1.54, 1.807) is 35.0 Å². The molecule has 2 aromatic carbocycles. The molecule has 2 N–H and O–H groups in total. The van der Waals surface area contributed by atoms with Gasteiger partial charge in [0.15, 0.2) is 6.61 Å². The van der Waals surface area contributed by atoms with Gasteiger partial charge in [-0.15, -0.1) is 0 Å². The number of hydrogen-bond acceptors (Lipinski definition) is 7. The van der Waals surface area contributed by atoms with Gasteiger partial charge in [-0.3, -0.25) is 19.7 Å². The highest BCUT2D eigenvalue weighted by Crippen LogP contribution is 2.25. The highest BCUT2D eigenvalue weighted by atomic mass is 32.1. The Hall–Kier alpha value is -4.05. The van der Waals surface area contributed by atoms with E-state index in [1.165, 1.54) is 42.5 Å². The van der Waals surface area contributed by atoms with Crippen molar-refractivity contribution < 1.29 is 24.0 Å². The first-order valence-electron chi connectivity index (χ1n) is 9.00. The first kappa shape index (κ1) is 21.7. The Morgan fingerprint density at radius 2 is 1.77 bits per heavy atom. The summed E-state index contributed by atoms with van der Waals surface area (Å²) in [6, 6.07) is 12.2. The Morgan fingerprint density at radius 1 is 1.03 bits per heavy atom. The summed E-state index contributed by atoms with van der Waals surface area (Å²) in [7, 11) is 0. The number of anilines is 2. The Bertz CT molecular complexity index is 1140. The average Bonchev–Trinajstić information content (AvgIpc) is 3.29. The number of rotatable bonds is 7. The van der Waals surface area contributed by atoms with Gasteiger partial charge in [-0.25, -0.2) is 4.79 Å². The minimum atomic E-state index is -0.799.